The minimum absolute atomic E-state index is 0.663. The lowest BCUT2D eigenvalue weighted by molar-refractivity contribution is 0.193. The molecule has 0 radical (unpaired) electrons. The van der Waals surface area contributed by atoms with Crippen molar-refractivity contribution in [1.82, 2.24) is 0 Å². The molecule has 2 aromatic rings. The third-order valence-corrected chi connectivity index (χ3v) is 11.6. The Morgan fingerprint density at radius 2 is 0.953 bits per heavy atom. The van der Waals surface area contributed by atoms with E-state index in [1.54, 1.807) is 0 Å². The highest BCUT2D eigenvalue weighted by Crippen LogP contribution is 2.41. The zero-order valence-electron chi connectivity index (χ0n) is 27.0. The molecule has 0 spiro atoms. The molecule has 2 fully saturated rings. The van der Waals surface area contributed by atoms with Crippen LogP contribution in [0.2, 0.25) is 0 Å². The first-order valence-corrected chi connectivity index (χ1v) is 19.7. The van der Waals surface area contributed by atoms with E-state index in [0.717, 1.165) is 11.8 Å². The maximum Gasteiger partial charge on any atom is 0.0657 e. The van der Waals surface area contributed by atoms with Crippen LogP contribution in [0.1, 0.15) is 128 Å². The molecule has 0 N–H and O–H groups in total. The van der Waals surface area contributed by atoms with Crippen molar-refractivity contribution < 1.29 is 4.74 Å². The van der Waals surface area contributed by atoms with Crippen molar-refractivity contribution in [2.75, 3.05) is 13.2 Å². The van der Waals surface area contributed by atoms with Gasteiger partial charge in [-0.3, -0.25) is 0 Å². The largest absolute Gasteiger partial charge is 0.373 e. The molecule has 0 unspecified atom stereocenters. The molecule has 0 aliphatic heterocycles. The monoisotopic (exact) mass is 806 g/mol. The molecule has 3 heteroatoms. The van der Waals surface area contributed by atoms with Gasteiger partial charge in [-0.05, 0) is 167 Å². The van der Waals surface area contributed by atoms with E-state index in [2.05, 4.69) is 120 Å². The van der Waals surface area contributed by atoms with Crippen molar-refractivity contribution in [3.05, 3.63) is 79.0 Å². The Bertz CT molecular complexity index is 1010. The SMILES string of the molecule is CCCCC[C@H]1CC[C@H](C(=CCOCC=C(c2ccc(I)cc2)[C@H]2CC[C@H](CCCCC)CC2)c2ccc(I)cc2)CC1. The molecule has 236 valence electrons. The predicted molar refractivity (Wildman–Crippen MR) is 204 cm³/mol. The van der Waals surface area contributed by atoms with Gasteiger partial charge in [0.05, 0.1) is 13.2 Å². The van der Waals surface area contributed by atoms with Gasteiger partial charge in [0.2, 0.25) is 0 Å². The van der Waals surface area contributed by atoms with Crippen LogP contribution in [0, 0.1) is 30.8 Å². The molecule has 1 nitrogen and oxygen atoms in total. The van der Waals surface area contributed by atoms with Crippen LogP contribution < -0.4 is 0 Å². The molecular weight excluding hydrogens is 750 g/mol. The minimum Gasteiger partial charge on any atom is -0.373 e. The summed E-state index contributed by atoms with van der Waals surface area (Å²) in [7, 11) is 0. The van der Waals surface area contributed by atoms with Crippen molar-refractivity contribution in [3.8, 4) is 0 Å². The summed E-state index contributed by atoms with van der Waals surface area (Å²) < 4.78 is 8.99. The Labute approximate surface area is 291 Å². The van der Waals surface area contributed by atoms with Crippen LogP contribution in [-0.4, -0.2) is 13.2 Å². The lowest BCUT2D eigenvalue weighted by atomic mass is 9.75. The van der Waals surface area contributed by atoms with Crippen molar-refractivity contribution in [2.24, 2.45) is 23.7 Å². The average molecular weight is 807 g/mol. The predicted octanol–water partition coefficient (Wildman–Crippen LogP) is 13.2. The van der Waals surface area contributed by atoms with Gasteiger partial charge in [-0.2, -0.15) is 0 Å². The normalized spacial score (nSPS) is 23.4. The van der Waals surface area contributed by atoms with Crippen LogP contribution in [0.5, 0.6) is 0 Å². The Morgan fingerprint density at radius 1 is 0.581 bits per heavy atom. The van der Waals surface area contributed by atoms with E-state index in [-0.39, 0.29) is 0 Å². The lowest BCUT2D eigenvalue weighted by Crippen LogP contribution is -2.17. The fraction of sp³-hybridized carbons (Fsp3) is 0.600. The van der Waals surface area contributed by atoms with Crippen molar-refractivity contribution >= 4 is 56.3 Å². The van der Waals surface area contributed by atoms with Crippen molar-refractivity contribution in [3.63, 3.8) is 0 Å². The highest BCUT2D eigenvalue weighted by atomic mass is 127. The smallest absolute Gasteiger partial charge is 0.0657 e. The van der Waals surface area contributed by atoms with Gasteiger partial charge in [-0.15, -0.1) is 0 Å². The first kappa shape index (κ1) is 35.2. The molecule has 0 heterocycles. The van der Waals surface area contributed by atoms with Crippen LogP contribution >= 0.6 is 45.2 Å². The zero-order chi connectivity index (χ0) is 30.3. The van der Waals surface area contributed by atoms with E-state index in [9.17, 15) is 0 Å². The number of allylic oxidation sites excluding steroid dienone is 2. The van der Waals surface area contributed by atoms with Gasteiger partial charge in [-0.25, -0.2) is 0 Å². The maximum absolute atomic E-state index is 6.38. The molecule has 0 aromatic heterocycles. The van der Waals surface area contributed by atoms with E-state index in [1.807, 2.05) is 0 Å². The summed E-state index contributed by atoms with van der Waals surface area (Å²) in [6, 6.07) is 18.3. The summed E-state index contributed by atoms with van der Waals surface area (Å²) in [4.78, 5) is 0. The second kappa shape index (κ2) is 19.8. The number of hydrogen-bond donors (Lipinski definition) is 0. The molecular formula is C40H56I2O. The zero-order valence-corrected chi connectivity index (χ0v) is 31.3. The third kappa shape index (κ3) is 11.9. The van der Waals surface area contributed by atoms with Crippen LogP contribution in [0.4, 0.5) is 0 Å². The number of unbranched alkanes of at least 4 members (excludes halogenated alkanes) is 4. The van der Waals surface area contributed by atoms with Gasteiger partial charge in [0.25, 0.3) is 0 Å². The summed E-state index contributed by atoms with van der Waals surface area (Å²) in [6.07, 6.45) is 26.8. The molecule has 43 heavy (non-hydrogen) atoms. The number of hydrogen-bond acceptors (Lipinski definition) is 1. The molecule has 2 aliphatic rings. The van der Waals surface area contributed by atoms with Crippen LogP contribution in [-0.2, 0) is 4.74 Å². The van der Waals surface area contributed by atoms with Crippen molar-refractivity contribution in [2.45, 2.75) is 117 Å². The second-order valence-corrected chi connectivity index (χ2v) is 15.8. The summed E-state index contributed by atoms with van der Waals surface area (Å²) in [5.74, 6) is 3.20. The first-order chi connectivity index (χ1) is 21.1. The highest BCUT2D eigenvalue weighted by molar-refractivity contribution is 14.1. The Hall–Kier alpha value is -0.660. The Kier molecular flexibility index (Phi) is 16.2. The summed E-state index contributed by atoms with van der Waals surface area (Å²) in [5, 5.41) is 0. The summed E-state index contributed by atoms with van der Waals surface area (Å²) >= 11 is 4.84. The topological polar surface area (TPSA) is 9.23 Å². The molecule has 0 amide bonds. The van der Waals surface area contributed by atoms with Gasteiger partial charge in [0.1, 0.15) is 0 Å². The fourth-order valence-corrected chi connectivity index (χ4v) is 8.30. The molecule has 0 saturated heterocycles. The molecule has 2 aliphatic carbocycles. The first-order valence-electron chi connectivity index (χ1n) is 17.6. The van der Waals surface area contributed by atoms with E-state index < -0.39 is 0 Å². The summed E-state index contributed by atoms with van der Waals surface area (Å²) in [5.41, 5.74) is 5.83. The van der Waals surface area contributed by atoms with Gasteiger partial charge < -0.3 is 4.74 Å². The van der Waals surface area contributed by atoms with E-state index >= 15 is 0 Å². The van der Waals surface area contributed by atoms with Gasteiger partial charge in [-0.1, -0.05) is 102 Å². The molecule has 0 atom stereocenters. The number of halogens is 2. The van der Waals surface area contributed by atoms with Crippen LogP contribution in [0.3, 0.4) is 0 Å². The lowest BCUT2D eigenvalue weighted by Gasteiger charge is -2.31. The van der Waals surface area contributed by atoms with Gasteiger partial charge in [0.15, 0.2) is 0 Å². The second-order valence-electron chi connectivity index (χ2n) is 13.3. The Morgan fingerprint density at radius 3 is 1.30 bits per heavy atom. The molecule has 0 bridgehead atoms. The van der Waals surface area contributed by atoms with Gasteiger partial charge in [0, 0.05) is 7.14 Å². The highest BCUT2D eigenvalue weighted by Gasteiger charge is 2.25. The average Bonchev–Trinajstić information content (AvgIpc) is 3.03. The quantitative estimate of drug-likeness (QED) is 0.121. The van der Waals surface area contributed by atoms with Crippen LogP contribution in [0.25, 0.3) is 11.1 Å². The standard InChI is InChI=1S/C40H56I2O/c1-3-5-7-9-31-11-15-33(16-12-31)39(35-19-23-37(41)24-20-35)27-29-43-30-28-40(36-21-25-38(42)26-22-36)34-17-13-32(14-18-34)10-8-6-4-2/h19-28,31-34H,3-18,29-30H2,1-2H3/t31-,32-,33-,34-. The minimum atomic E-state index is 0.663. The maximum atomic E-state index is 6.38. The molecule has 4 rings (SSSR count). The third-order valence-electron chi connectivity index (χ3n) is 10.2. The van der Waals surface area contributed by atoms with E-state index in [1.165, 1.54) is 132 Å². The number of rotatable bonds is 16. The number of benzene rings is 2. The number of ether oxygens (including phenoxy) is 1. The van der Waals surface area contributed by atoms with Crippen molar-refractivity contribution in [1.29, 1.82) is 0 Å². The van der Waals surface area contributed by atoms with E-state index in [0.29, 0.717) is 25.0 Å². The van der Waals surface area contributed by atoms with Gasteiger partial charge >= 0.3 is 0 Å². The Balaban J connectivity index is 1.38. The molecule has 2 saturated carbocycles. The summed E-state index contributed by atoms with van der Waals surface area (Å²) in [6.45, 7) is 6.02. The molecule has 2 aromatic carbocycles. The fourth-order valence-electron chi connectivity index (χ4n) is 7.58. The van der Waals surface area contributed by atoms with E-state index in [4.69, 9.17) is 4.74 Å². The van der Waals surface area contributed by atoms with Crippen LogP contribution in [0.15, 0.2) is 60.7 Å².